The Morgan fingerprint density at radius 1 is 1.04 bits per heavy atom. The number of unbranched alkanes of at least 4 members (excludes halogenated alkanes) is 1. The minimum absolute atomic E-state index is 0.0492. The second kappa shape index (κ2) is 9.98. The zero-order valence-electron chi connectivity index (χ0n) is 15.1. The largest absolute Gasteiger partial charge is 0.354 e. The lowest BCUT2D eigenvalue weighted by atomic mass is 10.2. The molecule has 8 heteroatoms. The number of carbonyl (C=O) groups is 1. The summed E-state index contributed by atoms with van der Waals surface area (Å²) in [5.41, 5.74) is 1.39. The molecule has 1 saturated heterocycles. The third-order valence-corrected chi connectivity index (χ3v) is 4.63. The van der Waals surface area contributed by atoms with Crippen LogP contribution in [0.15, 0.2) is 36.7 Å². The molecule has 1 N–H and O–H groups in total. The Labute approximate surface area is 154 Å². The van der Waals surface area contributed by atoms with E-state index in [9.17, 15) is 4.79 Å². The van der Waals surface area contributed by atoms with Crippen LogP contribution in [-0.2, 0) is 17.9 Å². The van der Waals surface area contributed by atoms with Gasteiger partial charge in [-0.2, -0.15) is 0 Å². The fraction of sp³-hybridized carbons (Fsp3) is 0.556. The van der Waals surface area contributed by atoms with Gasteiger partial charge in [-0.15, -0.1) is 5.10 Å². The minimum atomic E-state index is -0.0492. The summed E-state index contributed by atoms with van der Waals surface area (Å²) in [7, 11) is 0. The first-order valence-electron chi connectivity index (χ1n) is 9.26. The Hall–Kier alpha value is -2.32. The first kappa shape index (κ1) is 18.5. The number of nitrogens with one attached hydrogen (secondary N) is 1. The normalized spacial score (nSPS) is 15.8. The molecule has 1 fully saturated rings. The van der Waals surface area contributed by atoms with Crippen LogP contribution < -0.4 is 5.32 Å². The predicted molar refractivity (Wildman–Crippen MR) is 98.2 cm³/mol. The van der Waals surface area contributed by atoms with Gasteiger partial charge in [0.1, 0.15) is 12.9 Å². The molecule has 140 valence electrons. The SMILES string of the molecule is O=C(Cn1cnnn1)NCCCCN1CCN(Cc2ccccc2)CC1. The van der Waals surface area contributed by atoms with Crippen LogP contribution in [0.5, 0.6) is 0 Å². The summed E-state index contributed by atoms with van der Waals surface area (Å²) in [5.74, 6) is -0.0492. The quantitative estimate of drug-likeness (QED) is 0.654. The molecule has 8 nitrogen and oxygen atoms in total. The lowest BCUT2D eigenvalue weighted by Crippen LogP contribution is -2.46. The van der Waals surface area contributed by atoms with E-state index in [1.54, 1.807) is 0 Å². The van der Waals surface area contributed by atoms with E-state index in [0.29, 0.717) is 6.54 Å². The summed E-state index contributed by atoms with van der Waals surface area (Å²) in [5, 5.41) is 13.6. The number of rotatable bonds is 9. The molecule has 2 heterocycles. The zero-order valence-corrected chi connectivity index (χ0v) is 15.1. The van der Waals surface area contributed by atoms with E-state index in [0.717, 1.165) is 52.1 Å². The molecule has 0 radical (unpaired) electrons. The Balaban J connectivity index is 1.22. The third kappa shape index (κ3) is 6.20. The van der Waals surface area contributed by atoms with Gasteiger partial charge in [0.15, 0.2) is 0 Å². The number of benzene rings is 1. The number of aromatic nitrogens is 4. The molecule has 1 aromatic carbocycles. The average molecular weight is 357 g/mol. The third-order valence-electron chi connectivity index (χ3n) is 4.63. The van der Waals surface area contributed by atoms with E-state index < -0.39 is 0 Å². The van der Waals surface area contributed by atoms with Crippen molar-refractivity contribution >= 4 is 5.91 Å². The Morgan fingerprint density at radius 2 is 1.81 bits per heavy atom. The van der Waals surface area contributed by atoms with E-state index >= 15 is 0 Å². The van der Waals surface area contributed by atoms with E-state index in [1.807, 2.05) is 0 Å². The van der Waals surface area contributed by atoms with Gasteiger partial charge in [0.25, 0.3) is 0 Å². The maximum Gasteiger partial charge on any atom is 0.241 e. The molecule has 0 unspecified atom stereocenters. The van der Waals surface area contributed by atoms with Crippen LogP contribution in [0.3, 0.4) is 0 Å². The molecule has 0 atom stereocenters. The summed E-state index contributed by atoms with van der Waals surface area (Å²) in [6, 6.07) is 10.7. The van der Waals surface area contributed by atoms with Crippen LogP contribution in [0.4, 0.5) is 0 Å². The van der Waals surface area contributed by atoms with Gasteiger partial charge in [0.2, 0.25) is 5.91 Å². The Kier molecular flexibility index (Phi) is 7.09. The zero-order chi connectivity index (χ0) is 18.0. The van der Waals surface area contributed by atoms with Gasteiger partial charge >= 0.3 is 0 Å². The second-order valence-electron chi connectivity index (χ2n) is 6.67. The molecule has 3 rings (SSSR count). The fourth-order valence-electron chi connectivity index (χ4n) is 3.16. The molecule has 1 aromatic heterocycles. The summed E-state index contributed by atoms with van der Waals surface area (Å²) in [6.07, 6.45) is 3.53. The van der Waals surface area contributed by atoms with Crippen molar-refractivity contribution in [3.05, 3.63) is 42.2 Å². The first-order valence-corrected chi connectivity index (χ1v) is 9.26. The molecule has 2 aromatic rings. The van der Waals surface area contributed by atoms with Crippen LogP contribution >= 0.6 is 0 Å². The predicted octanol–water partition coefficient (Wildman–Crippen LogP) is 0.387. The molecule has 1 amide bonds. The van der Waals surface area contributed by atoms with Crippen molar-refractivity contribution in [3.8, 4) is 0 Å². The standard InChI is InChI=1S/C18H27N7O/c26-18(15-25-16-20-21-22-25)19-8-4-5-9-23-10-12-24(13-11-23)14-17-6-2-1-3-7-17/h1-3,6-7,16H,4-5,8-15H2,(H,19,26). The van der Waals surface area contributed by atoms with Gasteiger partial charge in [0.05, 0.1) is 0 Å². The van der Waals surface area contributed by atoms with E-state index in [2.05, 4.69) is 61.0 Å². The Morgan fingerprint density at radius 3 is 2.54 bits per heavy atom. The monoisotopic (exact) mass is 357 g/mol. The van der Waals surface area contributed by atoms with Crippen molar-refractivity contribution in [2.75, 3.05) is 39.3 Å². The van der Waals surface area contributed by atoms with Gasteiger partial charge in [-0.1, -0.05) is 30.3 Å². The molecule has 1 aliphatic rings. The highest BCUT2D eigenvalue weighted by Gasteiger charge is 2.16. The molecule has 0 spiro atoms. The van der Waals surface area contributed by atoms with Crippen LogP contribution in [0.2, 0.25) is 0 Å². The van der Waals surface area contributed by atoms with Gasteiger partial charge in [-0.25, -0.2) is 4.68 Å². The molecule has 0 aliphatic carbocycles. The number of hydrogen-bond acceptors (Lipinski definition) is 6. The van der Waals surface area contributed by atoms with Crippen LogP contribution in [-0.4, -0.2) is 75.2 Å². The number of piperazine rings is 1. The van der Waals surface area contributed by atoms with Crippen molar-refractivity contribution < 1.29 is 4.79 Å². The van der Waals surface area contributed by atoms with Gasteiger partial charge in [-0.3, -0.25) is 9.69 Å². The lowest BCUT2D eigenvalue weighted by molar-refractivity contribution is -0.121. The summed E-state index contributed by atoms with van der Waals surface area (Å²) >= 11 is 0. The van der Waals surface area contributed by atoms with Gasteiger partial charge in [0, 0.05) is 39.3 Å². The number of carbonyl (C=O) groups excluding carboxylic acids is 1. The molecule has 0 saturated carbocycles. The van der Waals surface area contributed by atoms with Crippen LogP contribution in [0, 0.1) is 0 Å². The number of hydrogen-bond donors (Lipinski definition) is 1. The number of amides is 1. The van der Waals surface area contributed by atoms with E-state index in [1.165, 1.54) is 16.6 Å². The fourth-order valence-corrected chi connectivity index (χ4v) is 3.16. The summed E-state index contributed by atoms with van der Waals surface area (Å²) < 4.78 is 1.42. The number of nitrogens with zero attached hydrogens (tertiary/aromatic N) is 6. The smallest absolute Gasteiger partial charge is 0.241 e. The molecule has 26 heavy (non-hydrogen) atoms. The van der Waals surface area contributed by atoms with Crippen LogP contribution in [0.1, 0.15) is 18.4 Å². The maximum atomic E-state index is 11.7. The van der Waals surface area contributed by atoms with Crippen molar-refractivity contribution in [1.82, 2.24) is 35.3 Å². The van der Waals surface area contributed by atoms with Crippen molar-refractivity contribution in [1.29, 1.82) is 0 Å². The summed E-state index contributed by atoms with van der Waals surface area (Å²) in [6.45, 7) is 7.52. The number of tetrazole rings is 1. The van der Waals surface area contributed by atoms with Crippen LogP contribution in [0.25, 0.3) is 0 Å². The van der Waals surface area contributed by atoms with E-state index in [4.69, 9.17) is 0 Å². The maximum absolute atomic E-state index is 11.7. The molecular formula is C18H27N7O. The van der Waals surface area contributed by atoms with E-state index in [-0.39, 0.29) is 12.5 Å². The van der Waals surface area contributed by atoms with Crippen molar-refractivity contribution in [2.24, 2.45) is 0 Å². The molecule has 0 bridgehead atoms. The second-order valence-corrected chi connectivity index (χ2v) is 6.67. The van der Waals surface area contributed by atoms with Gasteiger partial charge < -0.3 is 10.2 Å². The molecular weight excluding hydrogens is 330 g/mol. The summed E-state index contributed by atoms with van der Waals surface area (Å²) in [4.78, 5) is 16.8. The molecule has 1 aliphatic heterocycles. The Bertz CT molecular complexity index is 639. The highest BCUT2D eigenvalue weighted by atomic mass is 16.2. The first-order chi connectivity index (χ1) is 12.8. The highest BCUT2D eigenvalue weighted by molar-refractivity contribution is 5.75. The minimum Gasteiger partial charge on any atom is -0.354 e. The average Bonchev–Trinajstić information content (AvgIpc) is 3.16. The van der Waals surface area contributed by atoms with Crippen molar-refractivity contribution in [2.45, 2.75) is 25.9 Å². The highest BCUT2D eigenvalue weighted by Crippen LogP contribution is 2.08. The van der Waals surface area contributed by atoms with Gasteiger partial charge in [-0.05, 0) is 35.4 Å². The lowest BCUT2D eigenvalue weighted by Gasteiger charge is -2.34. The van der Waals surface area contributed by atoms with Crippen molar-refractivity contribution in [3.63, 3.8) is 0 Å². The topological polar surface area (TPSA) is 79.2 Å².